The fraction of sp³-hybridized carbons (Fsp3) is 0.333. The minimum atomic E-state index is -0.658. The van der Waals surface area contributed by atoms with Crippen molar-refractivity contribution in [2.24, 2.45) is 0 Å². The number of ether oxygens (including phenoxy) is 6. The molecular weight excluding hydrogens is 312 g/mol. The van der Waals surface area contributed by atoms with E-state index in [1.807, 2.05) is 24.3 Å². The van der Waals surface area contributed by atoms with Crippen molar-refractivity contribution in [2.75, 3.05) is 27.4 Å². The Morgan fingerprint density at radius 1 is 0.625 bits per heavy atom. The zero-order chi connectivity index (χ0) is 16.8. The summed E-state index contributed by atoms with van der Waals surface area (Å²) in [4.78, 5) is 0. The summed E-state index contributed by atoms with van der Waals surface area (Å²) in [6.45, 7) is 0.895. The van der Waals surface area contributed by atoms with Crippen LogP contribution in [-0.2, 0) is 9.47 Å². The number of rotatable bonds is 6. The van der Waals surface area contributed by atoms with Gasteiger partial charge in [0.25, 0.3) is 12.6 Å². The first kappa shape index (κ1) is 16.4. The zero-order valence-corrected chi connectivity index (χ0v) is 13.6. The van der Waals surface area contributed by atoms with Crippen LogP contribution in [0.15, 0.2) is 48.5 Å². The van der Waals surface area contributed by atoms with Crippen molar-refractivity contribution in [1.82, 2.24) is 0 Å². The van der Waals surface area contributed by atoms with Crippen LogP contribution in [0.1, 0.15) is 0 Å². The molecule has 0 aliphatic carbocycles. The average molecular weight is 332 g/mol. The zero-order valence-electron chi connectivity index (χ0n) is 13.6. The summed E-state index contributed by atoms with van der Waals surface area (Å²) in [5.74, 6) is 2.81. The maximum absolute atomic E-state index is 5.83. The van der Waals surface area contributed by atoms with Crippen LogP contribution in [-0.4, -0.2) is 40.0 Å². The highest BCUT2D eigenvalue weighted by atomic mass is 16.8. The Balaban J connectivity index is 1.65. The van der Waals surface area contributed by atoms with E-state index >= 15 is 0 Å². The van der Waals surface area contributed by atoms with Gasteiger partial charge in [-0.05, 0) is 48.5 Å². The Kier molecular flexibility index (Phi) is 5.40. The minimum absolute atomic E-state index is 0.448. The summed E-state index contributed by atoms with van der Waals surface area (Å²) in [6, 6.07) is 14.5. The van der Waals surface area contributed by atoms with Gasteiger partial charge in [0.15, 0.2) is 0 Å². The molecule has 24 heavy (non-hydrogen) atoms. The van der Waals surface area contributed by atoms with Gasteiger partial charge in [0.2, 0.25) is 0 Å². The maximum atomic E-state index is 5.83. The van der Waals surface area contributed by atoms with E-state index in [4.69, 9.17) is 28.4 Å². The highest BCUT2D eigenvalue weighted by Crippen LogP contribution is 2.24. The summed E-state index contributed by atoms with van der Waals surface area (Å²) in [5.41, 5.74) is 0. The SMILES string of the molecule is COc1ccc(OC2OCCOC2Oc2ccc(OC)cc2)cc1. The van der Waals surface area contributed by atoms with E-state index in [-0.39, 0.29) is 0 Å². The normalized spacial score (nSPS) is 20.2. The first-order valence-corrected chi connectivity index (χ1v) is 7.63. The smallest absolute Gasteiger partial charge is 0.263 e. The lowest BCUT2D eigenvalue weighted by atomic mass is 10.3. The van der Waals surface area contributed by atoms with Crippen LogP contribution in [0.4, 0.5) is 0 Å². The van der Waals surface area contributed by atoms with E-state index in [1.165, 1.54) is 0 Å². The molecule has 1 aliphatic rings. The Morgan fingerprint density at radius 3 is 1.29 bits per heavy atom. The van der Waals surface area contributed by atoms with Gasteiger partial charge >= 0.3 is 0 Å². The van der Waals surface area contributed by atoms with Gasteiger partial charge in [-0.3, -0.25) is 0 Å². The monoisotopic (exact) mass is 332 g/mol. The van der Waals surface area contributed by atoms with Crippen molar-refractivity contribution in [3.63, 3.8) is 0 Å². The molecule has 128 valence electrons. The molecule has 0 N–H and O–H groups in total. The second-order valence-corrected chi connectivity index (χ2v) is 5.07. The van der Waals surface area contributed by atoms with Crippen molar-refractivity contribution in [3.8, 4) is 23.0 Å². The van der Waals surface area contributed by atoms with Gasteiger partial charge in [0, 0.05) is 0 Å². The quantitative estimate of drug-likeness (QED) is 0.811. The van der Waals surface area contributed by atoms with Gasteiger partial charge in [0.05, 0.1) is 27.4 Å². The molecule has 2 aromatic rings. The van der Waals surface area contributed by atoms with E-state index in [9.17, 15) is 0 Å². The molecule has 0 aromatic heterocycles. The topological polar surface area (TPSA) is 55.4 Å². The maximum Gasteiger partial charge on any atom is 0.263 e. The van der Waals surface area contributed by atoms with Crippen molar-refractivity contribution in [1.29, 1.82) is 0 Å². The van der Waals surface area contributed by atoms with Gasteiger partial charge in [0.1, 0.15) is 23.0 Å². The Hall–Kier alpha value is -2.44. The number of hydrogen-bond acceptors (Lipinski definition) is 6. The van der Waals surface area contributed by atoms with Gasteiger partial charge in [-0.25, -0.2) is 0 Å². The van der Waals surface area contributed by atoms with E-state index < -0.39 is 12.6 Å². The highest BCUT2D eigenvalue weighted by Gasteiger charge is 2.31. The molecule has 1 fully saturated rings. The number of benzene rings is 2. The summed E-state index contributed by atoms with van der Waals surface area (Å²) in [7, 11) is 3.24. The van der Waals surface area contributed by atoms with Crippen LogP contribution >= 0.6 is 0 Å². The van der Waals surface area contributed by atoms with Crippen LogP contribution in [0, 0.1) is 0 Å². The second-order valence-electron chi connectivity index (χ2n) is 5.07. The van der Waals surface area contributed by atoms with Gasteiger partial charge in [-0.2, -0.15) is 0 Å². The highest BCUT2D eigenvalue weighted by molar-refractivity contribution is 5.32. The Morgan fingerprint density at radius 2 is 0.958 bits per heavy atom. The van der Waals surface area contributed by atoms with Crippen LogP contribution in [0.3, 0.4) is 0 Å². The molecule has 6 nitrogen and oxygen atoms in total. The molecular formula is C18H20O6. The molecule has 2 aromatic carbocycles. The van der Waals surface area contributed by atoms with Crippen LogP contribution in [0.5, 0.6) is 23.0 Å². The van der Waals surface area contributed by atoms with Crippen molar-refractivity contribution >= 4 is 0 Å². The Bertz CT molecular complexity index is 567. The third-order valence-corrected chi connectivity index (χ3v) is 3.49. The van der Waals surface area contributed by atoms with Crippen molar-refractivity contribution in [3.05, 3.63) is 48.5 Å². The summed E-state index contributed by atoms with van der Waals surface area (Å²) < 4.78 is 33.2. The second kappa shape index (κ2) is 7.90. The van der Waals surface area contributed by atoms with Gasteiger partial charge in [-0.15, -0.1) is 0 Å². The molecule has 0 spiro atoms. The molecule has 1 saturated heterocycles. The average Bonchev–Trinajstić information content (AvgIpc) is 2.64. The fourth-order valence-corrected chi connectivity index (χ4v) is 2.24. The number of methoxy groups -OCH3 is 2. The van der Waals surface area contributed by atoms with E-state index in [2.05, 4.69) is 0 Å². The summed E-state index contributed by atoms with van der Waals surface area (Å²) >= 11 is 0. The third-order valence-electron chi connectivity index (χ3n) is 3.49. The molecule has 2 unspecified atom stereocenters. The predicted octanol–water partition coefficient (Wildman–Crippen LogP) is 2.86. The third kappa shape index (κ3) is 4.10. The minimum Gasteiger partial charge on any atom is -0.497 e. The van der Waals surface area contributed by atoms with Crippen molar-refractivity contribution in [2.45, 2.75) is 12.6 Å². The van der Waals surface area contributed by atoms with Gasteiger partial charge in [-0.1, -0.05) is 0 Å². The molecule has 3 rings (SSSR count). The molecule has 0 radical (unpaired) electrons. The first-order valence-electron chi connectivity index (χ1n) is 7.63. The molecule has 1 aliphatic heterocycles. The lowest BCUT2D eigenvalue weighted by Crippen LogP contribution is -2.45. The molecule has 2 atom stereocenters. The molecule has 6 heteroatoms. The predicted molar refractivity (Wildman–Crippen MR) is 86.7 cm³/mol. The van der Waals surface area contributed by atoms with E-state index in [1.54, 1.807) is 38.5 Å². The lowest BCUT2D eigenvalue weighted by molar-refractivity contribution is -0.271. The van der Waals surface area contributed by atoms with Crippen LogP contribution < -0.4 is 18.9 Å². The first-order chi connectivity index (χ1) is 11.8. The van der Waals surface area contributed by atoms with Crippen LogP contribution in [0.2, 0.25) is 0 Å². The van der Waals surface area contributed by atoms with Gasteiger partial charge < -0.3 is 28.4 Å². The fourth-order valence-electron chi connectivity index (χ4n) is 2.24. The van der Waals surface area contributed by atoms with E-state index in [0.29, 0.717) is 24.7 Å². The molecule has 0 saturated carbocycles. The van der Waals surface area contributed by atoms with Crippen LogP contribution in [0.25, 0.3) is 0 Å². The largest absolute Gasteiger partial charge is 0.497 e. The molecule has 1 heterocycles. The molecule has 0 bridgehead atoms. The number of hydrogen-bond donors (Lipinski definition) is 0. The summed E-state index contributed by atoms with van der Waals surface area (Å²) in [6.07, 6.45) is -1.32. The molecule has 0 amide bonds. The Labute approximate surface area is 140 Å². The summed E-state index contributed by atoms with van der Waals surface area (Å²) in [5, 5.41) is 0. The standard InChI is InChI=1S/C18H20O6/c1-19-13-3-7-15(8-4-13)23-17-18(22-12-11-21-17)24-16-9-5-14(20-2)6-10-16/h3-10,17-18H,11-12H2,1-2H3. The lowest BCUT2D eigenvalue weighted by Gasteiger charge is -2.31. The van der Waals surface area contributed by atoms with Crippen molar-refractivity contribution < 1.29 is 28.4 Å². The van der Waals surface area contributed by atoms with E-state index in [0.717, 1.165) is 11.5 Å².